The predicted octanol–water partition coefficient (Wildman–Crippen LogP) is 4.23. The van der Waals surface area contributed by atoms with Crippen LogP contribution in [0.2, 0.25) is 5.02 Å². The second kappa shape index (κ2) is 5.22. The molecule has 0 radical (unpaired) electrons. The normalized spacial score (nSPS) is 16.8. The summed E-state index contributed by atoms with van der Waals surface area (Å²) in [5.74, 6) is 0. The zero-order valence-corrected chi connectivity index (χ0v) is 11.0. The first-order chi connectivity index (χ1) is 7.33. The quantitative estimate of drug-likeness (QED) is 0.736. The van der Waals surface area contributed by atoms with Crippen LogP contribution >= 0.6 is 27.5 Å². The van der Waals surface area contributed by atoms with Gasteiger partial charge in [0, 0.05) is 18.4 Å². The lowest BCUT2D eigenvalue weighted by Crippen LogP contribution is -2.30. The maximum Gasteiger partial charge on any atom is 0.0642 e. The molecule has 0 amide bonds. The van der Waals surface area contributed by atoms with E-state index in [9.17, 15) is 0 Å². The predicted molar refractivity (Wildman–Crippen MR) is 70.1 cm³/mol. The van der Waals surface area contributed by atoms with Gasteiger partial charge in [-0.25, -0.2) is 0 Å². The van der Waals surface area contributed by atoms with Gasteiger partial charge < -0.3 is 4.90 Å². The third-order valence-corrected chi connectivity index (χ3v) is 3.80. The summed E-state index contributed by atoms with van der Waals surface area (Å²) in [6.07, 6.45) is 3.92. The van der Waals surface area contributed by atoms with Crippen LogP contribution in [0, 0.1) is 0 Å². The van der Waals surface area contributed by atoms with Gasteiger partial charge in [-0.2, -0.15) is 0 Å². The lowest BCUT2D eigenvalue weighted by atomic mass is 10.1. The Morgan fingerprint density at radius 2 is 1.93 bits per heavy atom. The van der Waals surface area contributed by atoms with Gasteiger partial charge in [0.2, 0.25) is 0 Å². The minimum atomic E-state index is 0.874. The van der Waals surface area contributed by atoms with E-state index >= 15 is 0 Å². The van der Waals surface area contributed by atoms with E-state index in [0.717, 1.165) is 23.4 Å². The van der Waals surface area contributed by atoms with E-state index in [2.05, 4.69) is 26.9 Å². The number of nitrogens with zero attached hydrogens (tertiary/aromatic N) is 1. The molecule has 1 saturated heterocycles. The number of para-hydroxylation sites is 1. The Morgan fingerprint density at radius 1 is 1.20 bits per heavy atom. The van der Waals surface area contributed by atoms with E-state index in [-0.39, 0.29) is 0 Å². The van der Waals surface area contributed by atoms with Crippen molar-refractivity contribution in [2.75, 3.05) is 18.0 Å². The van der Waals surface area contributed by atoms with E-state index in [1.54, 1.807) is 0 Å². The molecule has 1 fully saturated rings. The van der Waals surface area contributed by atoms with Crippen LogP contribution in [0.15, 0.2) is 18.2 Å². The molecule has 0 atom stereocenters. The van der Waals surface area contributed by atoms with Crippen LogP contribution in [0.3, 0.4) is 0 Å². The van der Waals surface area contributed by atoms with Gasteiger partial charge in [-0.05, 0) is 30.9 Å². The van der Waals surface area contributed by atoms with Crippen molar-refractivity contribution in [1.82, 2.24) is 0 Å². The standard InChI is InChI=1S/C12H15BrClN/c13-9-10-5-4-6-11(14)12(10)15-7-2-1-3-8-15/h4-6H,1-3,7-9H2. The molecular formula is C12H15BrClN. The van der Waals surface area contributed by atoms with Gasteiger partial charge in [-0.15, -0.1) is 0 Å². The number of rotatable bonds is 2. The van der Waals surface area contributed by atoms with Crippen LogP contribution in [0.5, 0.6) is 0 Å². The third-order valence-electron chi connectivity index (χ3n) is 2.89. The first-order valence-electron chi connectivity index (χ1n) is 5.41. The first kappa shape index (κ1) is 11.3. The van der Waals surface area contributed by atoms with Gasteiger partial charge in [0.25, 0.3) is 0 Å². The highest BCUT2D eigenvalue weighted by Gasteiger charge is 2.16. The lowest BCUT2D eigenvalue weighted by Gasteiger charge is -2.31. The highest BCUT2D eigenvalue weighted by Crippen LogP contribution is 2.33. The lowest BCUT2D eigenvalue weighted by molar-refractivity contribution is 0.577. The van der Waals surface area contributed by atoms with E-state index in [1.807, 2.05) is 12.1 Å². The number of hydrogen-bond donors (Lipinski definition) is 0. The number of benzene rings is 1. The van der Waals surface area contributed by atoms with Crippen LogP contribution in [-0.2, 0) is 5.33 Å². The fraction of sp³-hybridized carbons (Fsp3) is 0.500. The van der Waals surface area contributed by atoms with Crippen molar-refractivity contribution in [3.63, 3.8) is 0 Å². The Balaban J connectivity index is 2.31. The van der Waals surface area contributed by atoms with E-state index in [4.69, 9.17) is 11.6 Å². The molecule has 1 heterocycles. The molecule has 1 aliphatic rings. The van der Waals surface area contributed by atoms with Crippen molar-refractivity contribution in [3.8, 4) is 0 Å². The number of halogens is 2. The van der Waals surface area contributed by atoms with Crippen LogP contribution < -0.4 is 4.90 Å². The molecule has 0 spiro atoms. The third kappa shape index (κ3) is 2.48. The number of alkyl halides is 1. The fourth-order valence-electron chi connectivity index (χ4n) is 2.14. The topological polar surface area (TPSA) is 3.24 Å². The van der Waals surface area contributed by atoms with Crippen molar-refractivity contribution < 1.29 is 0 Å². The van der Waals surface area contributed by atoms with Gasteiger partial charge in [0.15, 0.2) is 0 Å². The Bertz CT molecular complexity index is 334. The summed E-state index contributed by atoms with van der Waals surface area (Å²) in [6.45, 7) is 2.29. The highest BCUT2D eigenvalue weighted by molar-refractivity contribution is 9.08. The highest BCUT2D eigenvalue weighted by atomic mass is 79.9. The van der Waals surface area contributed by atoms with Gasteiger partial charge in [0.1, 0.15) is 0 Å². The Kier molecular flexibility index (Phi) is 3.92. The monoisotopic (exact) mass is 287 g/mol. The summed E-state index contributed by atoms with van der Waals surface area (Å²) in [5, 5.41) is 1.76. The average molecular weight is 289 g/mol. The molecule has 1 aliphatic heterocycles. The van der Waals surface area contributed by atoms with E-state index < -0.39 is 0 Å². The summed E-state index contributed by atoms with van der Waals surface area (Å²) in [7, 11) is 0. The van der Waals surface area contributed by atoms with Gasteiger partial charge >= 0.3 is 0 Å². The molecule has 82 valence electrons. The Labute approximate surface area is 105 Å². The largest absolute Gasteiger partial charge is 0.370 e. The molecule has 1 aromatic rings. The zero-order valence-electron chi connectivity index (χ0n) is 8.68. The fourth-order valence-corrected chi connectivity index (χ4v) is 2.91. The Hall–Kier alpha value is -0.210. The van der Waals surface area contributed by atoms with Gasteiger partial charge in [-0.3, -0.25) is 0 Å². The number of hydrogen-bond acceptors (Lipinski definition) is 1. The molecular weight excluding hydrogens is 273 g/mol. The minimum Gasteiger partial charge on any atom is -0.370 e. The van der Waals surface area contributed by atoms with Crippen LogP contribution in [-0.4, -0.2) is 13.1 Å². The molecule has 0 aromatic heterocycles. The van der Waals surface area contributed by atoms with E-state index in [1.165, 1.54) is 30.5 Å². The Morgan fingerprint density at radius 3 is 2.60 bits per heavy atom. The first-order valence-corrected chi connectivity index (χ1v) is 6.91. The molecule has 0 saturated carbocycles. The summed E-state index contributed by atoms with van der Waals surface area (Å²) >= 11 is 9.80. The summed E-state index contributed by atoms with van der Waals surface area (Å²) in [5.41, 5.74) is 2.53. The minimum absolute atomic E-state index is 0.874. The van der Waals surface area contributed by atoms with Crippen molar-refractivity contribution >= 4 is 33.2 Å². The smallest absolute Gasteiger partial charge is 0.0642 e. The maximum absolute atomic E-state index is 6.28. The molecule has 0 aliphatic carbocycles. The molecule has 0 N–H and O–H groups in total. The summed E-state index contributed by atoms with van der Waals surface area (Å²) in [6, 6.07) is 6.15. The van der Waals surface area contributed by atoms with Crippen LogP contribution in [0.4, 0.5) is 5.69 Å². The second-order valence-corrected chi connectivity index (χ2v) is 4.90. The number of anilines is 1. The maximum atomic E-state index is 6.28. The summed E-state index contributed by atoms with van der Waals surface area (Å²) in [4.78, 5) is 2.42. The molecule has 15 heavy (non-hydrogen) atoms. The molecule has 0 unspecified atom stereocenters. The van der Waals surface area contributed by atoms with Crippen molar-refractivity contribution in [2.24, 2.45) is 0 Å². The van der Waals surface area contributed by atoms with Gasteiger partial charge in [-0.1, -0.05) is 39.7 Å². The van der Waals surface area contributed by atoms with E-state index in [0.29, 0.717) is 0 Å². The SMILES string of the molecule is Clc1cccc(CBr)c1N1CCCCC1. The van der Waals surface area contributed by atoms with Gasteiger partial charge in [0.05, 0.1) is 10.7 Å². The molecule has 1 aromatic carbocycles. The van der Waals surface area contributed by atoms with Crippen molar-refractivity contribution in [3.05, 3.63) is 28.8 Å². The molecule has 2 rings (SSSR count). The molecule has 0 bridgehead atoms. The van der Waals surface area contributed by atoms with Crippen molar-refractivity contribution in [2.45, 2.75) is 24.6 Å². The van der Waals surface area contributed by atoms with Crippen LogP contribution in [0.25, 0.3) is 0 Å². The molecule has 3 heteroatoms. The van der Waals surface area contributed by atoms with Crippen LogP contribution in [0.1, 0.15) is 24.8 Å². The zero-order chi connectivity index (χ0) is 10.7. The average Bonchev–Trinajstić information content (AvgIpc) is 2.29. The van der Waals surface area contributed by atoms with Crippen molar-refractivity contribution in [1.29, 1.82) is 0 Å². The summed E-state index contributed by atoms with van der Waals surface area (Å²) < 4.78 is 0. The molecule has 1 nitrogen and oxygen atoms in total. The second-order valence-electron chi connectivity index (χ2n) is 3.93. The number of piperidine rings is 1.